The van der Waals surface area contributed by atoms with Gasteiger partial charge in [-0.05, 0) is 74.8 Å². The van der Waals surface area contributed by atoms with E-state index < -0.39 is 10.0 Å². The molecule has 2 aromatic carbocycles. The minimum absolute atomic E-state index is 0.185. The number of sulfonamides is 1. The number of hydrogen-bond donors (Lipinski definition) is 1. The van der Waals surface area contributed by atoms with Gasteiger partial charge in [-0.25, -0.2) is 8.42 Å². The molecule has 1 atom stereocenters. The van der Waals surface area contributed by atoms with Gasteiger partial charge in [0.25, 0.3) is 0 Å². The maximum absolute atomic E-state index is 12.7. The van der Waals surface area contributed by atoms with E-state index in [1.54, 1.807) is 6.07 Å². The first-order chi connectivity index (χ1) is 13.6. The normalized spacial score (nSPS) is 14.8. The van der Waals surface area contributed by atoms with E-state index in [-0.39, 0.29) is 18.5 Å². The first kappa shape index (κ1) is 21.4. The van der Waals surface area contributed by atoms with Crippen molar-refractivity contribution in [3.8, 4) is 0 Å². The second kappa shape index (κ2) is 8.57. The molecule has 1 aliphatic rings. The predicted octanol–water partition coefficient (Wildman–Crippen LogP) is 3.83. The molecule has 1 aliphatic carbocycles. The lowest BCUT2D eigenvalue weighted by Gasteiger charge is -2.25. The molecule has 156 valence electrons. The molecule has 0 aliphatic heterocycles. The topological polar surface area (TPSA) is 66.5 Å². The fourth-order valence-corrected chi connectivity index (χ4v) is 4.90. The first-order valence-electron chi connectivity index (χ1n) is 10.1. The van der Waals surface area contributed by atoms with Crippen molar-refractivity contribution in [3.05, 3.63) is 64.2 Å². The lowest BCUT2D eigenvalue weighted by Crippen LogP contribution is -2.41. The van der Waals surface area contributed by atoms with E-state index >= 15 is 0 Å². The smallest absolute Gasteiger partial charge is 0.241 e. The Morgan fingerprint density at radius 2 is 1.76 bits per heavy atom. The van der Waals surface area contributed by atoms with E-state index in [9.17, 15) is 13.2 Å². The summed E-state index contributed by atoms with van der Waals surface area (Å²) in [5.41, 5.74) is 6.22. The number of amides is 1. The number of anilines is 1. The Balaban J connectivity index is 1.75. The van der Waals surface area contributed by atoms with Crippen LogP contribution in [0.1, 0.15) is 53.6 Å². The van der Waals surface area contributed by atoms with Crippen LogP contribution < -0.4 is 9.62 Å². The molecule has 5 nitrogen and oxygen atoms in total. The van der Waals surface area contributed by atoms with Crippen LogP contribution in [0.15, 0.2) is 36.4 Å². The predicted molar refractivity (Wildman–Crippen MR) is 118 cm³/mol. The third kappa shape index (κ3) is 5.18. The number of aryl methyl sites for hydroxylation is 4. The van der Waals surface area contributed by atoms with Crippen LogP contribution in [0.3, 0.4) is 0 Å². The second-order valence-corrected chi connectivity index (χ2v) is 9.99. The van der Waals surface area contributed by atoms with Crippen molar-refractivity contribution in [2.24, 2.45) is 0 Å². The van der Waals surface area contributed by atoms with Crippen LogP contribution in [0.25, 0.3) is 0 Å². The Labute approximate surface area is 174 Å². The molecule has 0 radical (unpaired) electrons. The van der Waals surface area contributed by atoms with Gasteiger partial charge < -0.3 is 5.32 Å². The zero-order chi connectivity index (χ0) is 21.2. The number of carbonyl (C=O) groups excluding carboxylic acids is 1. The summed E-state index contributed by atoms with van der Waals surface area (Å²) in [5, 5.41) is 2.96. The monoisotopic (exact) mass is 414 g/mol. The van der Waals surface area contributed by atoms with Crippen molar-refractivity contribution in [1.82, 2.24) is 5.32 Å². The van der Waals surface area contributed by atoms with Crippen molar-refractivity contribution < 1.29 is 13.2 Å². The van der Waals surface area contributed by atoms with Crippen LogP contribution in [0, 0.1) is 13.8 Å². The highest BCUT2D eigenvalue weighted by Gasteiger charge is 2.23. The number of fused-ring (bicyclic) bond motifs is 1. The highest BCUT2D eigenvalue weighted by molar-refractivity contribution is 7.92. The standard InChI is InChI=1S/C23H30N2O3S/c1-16-9-12-22(17(2)13-16)25(29(4,27)28)15-23(26)24-18(3)20-11-10-19-7-5-6-8-21(19)14-20/h9-14,18H,5-8,15H2,1-4H3,(H,24,26). The number of rotatable bonds is 6. The van der Waals surface area contributed by atoms with Gasteiger partial charge in [-0.1, -0.05) is 35.9 Å². The van der Waals surface area contributed by atoms with Gasteiger partial charge >= 0.3 is 0 Å². The van der Waals surface area contributed by atoms with Gasteiger partial charge in [-0.2, -0.15) is 0 Å². The average Bonchev–Trinajstić information content (AvgIpc) is 2.65. The lowest BCUT2D eigenvalue weighted by atomic mass is 9.89. The molecule has 1 unspecified atom stereocenters. The van der Waals surface area contributed by atoms with Crippen molar-refractivity contribution in [2.75, 3.05) is 17.1 Å². The molecule has 0 saturated carbocycles. The Hall–Kier alpha value is -2.34. The van der Waals surface area contributed by atoms with Crippen LogP contribution in [0.2, 0.25) is 0 Å². The molecule has 29 heavy (non-hydrogen) atoms. The molecule has 0 spiro atoms. The fraction of sp³-hybridized carbons (Fsp3) is 0.435. The summed E-state index contributed by atoms with van der Waals surface area (Å²) in [6, 6.07) is 11.7. The SMILES string of the molecule is Cc1ccc(N(CC(=O)NC(C)c2ccc3c(c2)CCCC3)S(C)(=O)=O)c(C)c1. The van der Waals surface area contributed by atoms with Crippen molar-refractivity contribution in [3.63, 3.8) is 0 Å². The largest absolute Gasteiger partial charge is 0.348 e. The summed E-state index contributed by atoms with van der Waals surface area (Å²) in [4.78, 5) is 12.7. The van der Waals surface area contributed by atoms with Gasteiger partial charge in [0.15, 0.2) is 0 Å². The van der Waals surface area contributed by atoms with Crippen LogP contribution in [-0.2, 0) is 27.7 Å². The summed E-state index contributed by atoms with van der Waals surface area (Å²) >= 11 is 0. The minimum Gasteiger partial charge on any atom is -0.348 e. The Morgan fingerprint density at radius 3 is 2.41 bits per heavy atom. The molecule has 0 bridgehead atoms. The van der Waals surface area contributed by atoms with Crippen molar-refractivity contribution >= 4 is 21.6 Å². The second-order valence-electron chi connectivity index (χ2n) is 8.08. The summed E-state index contributed by atoms with van der Waals surface area (Å²) in [6.45, 7) is 5.51. The number of hydrogen-bond acceptors (Lipinski definition) is 3. The maximum atomic E-state index is 12.7. The minimum atomic E-state index is -3.59. The van der Waals surface area contributed by atoms with Gasteiger partial charge in [0, 0.05) is 0 Å². The molecule has 0 saturated heterocycles. The first-order valence-corrected chi connectivity index (χ1v) is 12.0. The fourth-order valence-electron chi connectivity index (χ4n) is 3.99. The van der Waals surface area contributed by atoms with Crippen LogP contribution in [-0.4, -0.2) is 27.1 Å². The van der Waals surface area contributed by atoms with Crippen LogP contribution in [0.4, 0.5) is 5.69 Å². The molecule has 2 aromatic rings. The van der Waals surface area contributed by atoms with Gasteiger partial charge in [-0.15, -0.1) is 0 Å². The Morgan fingerprint density at radius 1 is 1.07 bits per heavy atom. The Bertz CT molecular complexity index is 1010. The van der Waals surface area contributed by atoms with E-state index in [1.165, 1.54) is 28.3 Å². The lowest BCUT2D eigenvalue weighted by molar-refractivity contribution is -0.120. The van der Waals surface area contributed by atoms with Gasteiger partial charge in [0.2, 0.25) is 15.9 Å². The molecule has 1 N–H and O–H groups in total. The molecule has 1 amide bonds. The number of benzene rings is 2. The quantitative estimate of drug-likeness (QED) is 0.781. The van der Waals surface area contributed by atoms with Crippen LogP contribution >= 0.6 is 0 Å². The maximum Gasteiger partial charge on any atom is 0.241 e. The molecule has 0 aromatic heterocycles. The average molecular weight is 415 g/mol. The third-order valence-corrected chi connectivity index (χ3v) is 6.69. The zero-order valence-corrected chi connectivity index (χ0v) is 18.5. The van der Waals surface area contributed by atoms with E-state index in [0.29, 0.717) is 5.69 Å². The number of nitrogens with one attached hydrogen (secondary N) is 1. The van der Waals surface area contributed by atoms with Crippen molar-refractivity contribution in [2.45, 2.75) is 52.5 Å². The Kier molecular flexibility index (Phi) is 6.32. The summed E-state index contributed by atoms with van der Waals surface area (Å²) in [5.74, 6) is -0.319. The van der Waals surface area contributed by atoms with E-state index in [2.05, 4.69) is 23.5 Å². The zero-order valence-electron chi connectivity index (χ0n) is 17.7. The number of nitrogens with zero attached hydrogens (tertiary/aromatic N) is 1. The van der Waals surface area contributed by atoms with E-state index in [0.717, 1.165) is 35.8 Å². The summed E-state index contributed by atoms with van der Waals surface area (Å²) < 4.78 is 25.9. The molecule has 0 fully saturated rings. The molecule has 6 heteroatoms. The number of carbonyl (C=O) groups is 1. The van der Waals surface area contributed by atoms with Gasteiger partial charge in [-0.3, -0.25) is 9.10 Å². The van der Waals surface area contributed by atoms with Crippen molar-refractivity contribution in [1.29, 1.82) is 0 Å². The molecular weight excluding hydrogens is 384 g/mol. The molecular formula is C23H30N2O3S. The third-order valence-electron chi connectivity index (χ3n) is 5.56. The van der Waals surface area contributed by atoms with E-state index in [1.807, 2.05) is 32.9 Å². The molecule has 0 heterocycles. The van der Waals surface area contributed by atoms with Gasteiger partial charge in [0.05, 0.1) is 18.0 Å². The van der Waals surface area contributed by atoms with Crippen LogP contribution in [0.5, 0.6) is 0 Å². The highest BCUT2D eigenvalue weighted by atomic mass is 32.2. The highest BCUT2D eigenvalue weighted by Crippen LogP contribution is 2.26. The van der Waals surface area contributed by atoms with Gasteiger partial charge in [0.1, 0.15) is 6.54 Å². The molecule has 3 rings (SSSR count). The summed E-state index contributed by atoms with van der Waals surface area (Å²) in [6.07, 6.45) is 5.77. The summed E-state index contributed by atoms with van der Waals surface area (Å²) in [7, 11) is -3.59. The van der Waals surface area contributed by atoms with E-state index in [4.69, 9.17) is 0 Å².